The maximum absolute atomic E-state index is 6.39. The molecule has 2 heteroatoms. The Morgan fingerprint density at radius 1 is 1.20 bits per heavy atom. The summed E-state index contributed by atoms with van der Waals surface area (Å²) in [6, 6.07) is 6.48. The number of hydrogen-bond acceptors (Lipinski definition) is 1. The van der Waals surface area contributed by atoms with Crippen molar-refractivity contribution in [2.45, 2.75) is 58.9 Å². The van der Waals surface area contributed by atoms with Crippen molar-refractivity contribution in [1.29, 1.82) is 0 Å². The van der Waals surface area contributed by atoms with E-state index in [1.54, 1.807) is 0 Å². The lowest BCUT2D eigenvalue weighted by atomic mass is 9.88. The van der Waals surface area contributed by atoms with E-state index >= 15 is 0 Å². The zero-order valence-corrected chi connectivity index (χ0v) is 14.1. The first-order valence-corrected chi connectivity index (χ1v) is 8.23. The standard InChI is InChI=1S/C18H28ClN/c1-13-8-9-15(17(19)10-13)11-14-6-5-7-16(14)12-20-18(2,3)4/h8-10,14,16,20H,5-7,11-12H2,1-4H3. The molecule has 0 spiro atoms. The van der Waals surface area contributed by atoms with Crippen molar-refractivity contribution in [3.63, 3.8) is 0 Å². The van der Waals surface area contributed by atoms with E-state index in [-0.39, 0.29) is 5.54 Å². The third-order valence-corrected chi connectivity index (χ3v) is 4.75. The maximum atomic E-state index is 6.39. The second-order valence-corrected chi connectivity index (χ2v) is 7.79. The molecular weight excluding hydrogens is 266 g/mol. The number of halogens is 1. The average molecular weight is 294 g/mol. The van der Waals surface area contributed by atoms with Gasteiger partial charge in [0.05, 0.1) is 0 Å². The Morgan fingerprint density at radius 2 is 1.90 bits per heavy atom. The van der Waals surface area contributed by atoms with E-state index in [2.05, 4.69) is 51.2 Å². The average Bonchev–Trinajstić information content (AvgIpc) is 2.77. The summed E-state index contributed by atoms with van der Waals surface area (Å²) in [7, 11) is 0. The molecule has 112 valence electrons. The normalized spacial score (nSPS) is 23.2. The molecule has 1 saturated carbocycles. The fraction of sp³-hybridized carbons (Fsp3) is 0.667. The van der Waals surface area contributed by atoms with Crippen LogP contribution >= 0.6 is 11.6 Å². The molecule has 1 fully saturated rings. The zero-order valence-electron chi connectivity index (χ0n) is 13.3. The lowest BCUT2D eigenvalue weighted by molar-refractivity contribution is 0.317. The number of hydrogen-bond donors (Lipinski definition) is 1. The van der Waals surface area contributed by atoms with E-state index < -0.39 is 0 Å². The predicted molar refractivity (Wildman–Crippen MR) is 88.5 cm³/mol. The fourth-order valence-corrected chi connectivity index (χ4v) is 3.50. The quantitative estimate of drug-likeness (QED) is 0.824. The minimum Gasteiger partial charge on any atom is -0.312 e. The summed E-state index contributed by atoms with van der Waals surface area (Å²) in [5.74, 6) is 1.58. The summed E-state index contributed by atoms with van der Waals surface area (Å²) < 4.78 is 0. The molecule has 0 radical (unpaired) electrons. The largest absolute Gasteiger partial charge is 0.312 e. The summed E-state index contributed by atoms with van der Waals surface area (Å²) in [6.07, 6.45) is 5.21. The zero-order chi connectivity index (χ0) is 14.8. The van der Waals surface area contributed by atoms with Gasteiger partial charge in [0.2, 0.25) is 0 Å². The molecular formula is C18H28ClN. The highest BCUT2D eigenvalue weighted by Crippen LogP contribution is 2.35. The molecule has 0 heterocycles. The van der Waals surface area contributed by atoms with Crippen LogP contribution in [0.2, 0.25) is 5.02 Å². The third-order valence-electron chi connectivity index (χ3n) is 4.40. The van der Waals surface area contributed by atoms with Crippen LogP contribution in [0.4, 0.5) is 0 Å². The van der Waals surface area contributed by atoms with E-state index in [1.807, 2.05) is 0 Å². The Labute approximate surface area is 129 Å². The lowest BCUT2D eigenvalue weighted by Gasteiger charge is -2.26. The fourth-order valence-electron chi connectivity index (χ4n) is 3.19. The molecule has 2 rings (SSSR count). The number of rotatable bonds is 4. The van der Waals surface area contributed by atoms with Crippen LogP contribution in [-0.2, 0) is 6.42 Å². The molecule has 0 bridgehead atoms. The van der Waals surface area contributed by atoms with Crippen molar-refractivity contribution in [2.75, 3.05) is 6.54 Å². The van der Waals surface area contributed by atoms with Crippen molar-refractivity contribution in [2.24, 2.45) is 11.8 Å². The second kappa shape index (κ2) is 6.49. The molecule has 1 N–H and O–H groups in total. The van der Waals surface area contributed by atoms with Crippen molar-refractivity contribution >= 4 is 11.6 Å². The second-order valence-electron chi connectivity index (χ2n) is 7.38. The molecule has 2 atom stereocenters. The minimum atomic E-state index is 0.217. The van der Waals surface area contributed by atoms with Crippen LogP contribution in [0.3, 0.4) is 0 Å². The van der Waals surface area contributed by atoms with Gasteiger partial charge in [0.15, 0.2) is 0 Å². The molecule has 1 aliphatic carbocycles. The molecule has 1 aliphatic rings. The summed E-state index contributed by atoms with van der Waals surface area (Å²) in [5, 5.41) is 4.61. The van der Waals surface area contributed by atoms with Gasteiger partial charge in [-0.1, -0.05) is 30.2 Å². The van der Waals surface area contributed by atoms with Gasteiger partial charge in [-0.2, -0.15) is 0 Å². The van der Waals surface area contributed by atoms with Gasteiger partial charge in [-0.25, -0.2) is 0 Å². The lowest BCUT2D eigenvalue weighted by Crippen LogP contribution is -2.40. The minimum absolute atomic E-state index is 0.217. The van der Waals surface area contributed by atoms with Gasteiger partial charge in [0.1, 0.15) is 0 Å². The molecule has 1 aromatic rings. The van der Waals surface area contributed by atoms with Crippen LogP contribution in [0.1, 0.15) is 51.2 Å². The van der Waals surface area contributed by atoms with Gasteiger partial charge in [-0.3, -0.25) is 0 Å². The monoisotopic (exact) mass is 293 g/mol. The third kappa shape index (κ3) is 4.49. The number of aryl methyl sites for hydroxylation is 1. The van der Waals surface area contributed by atoms with Gasteiger partial charge in [0.25, 0.3) is 0 Å². The first-order chi connectivity index (χ1) is 9.35. The van der Waals surface area contributed by atoms with Crippen molar-refractivity contribution < 1.29 is 0 Å². The molecule has 0 aliphatic heterocycles. The van der Waals surface area contributed by atoms with Gasteiger partial charge in [-0.05, 0) is 82.5 Å². The van der Waals surface area contributed by atoms with Gasteiger partial charge in [0, 0.05) is 10.6 Å². The Bertz CT molecular complexity index is 447. The van der Waals surface area contributed by atoms with Crippen LogP contribution in [0, 0.1) is 18.8 Å². The Balaban J connectivity index is 1.97. The Hall–Kier alpha value is -0.530. The van der Waals surface area contributed by atoms with Crippen molar-refractivity contribution in [3.8, 4) is 0 Å². The predicted octanol–water partition coefficient (Wildman–Crippen LogP) is 5.00. The van der Waals surface area contributed by atoms with Crippen molar-refractivity contribution in [3.05, 3.63) is 34.3 Å². The molecule has 0 aromatic heterocycles. The van der Waals surface area contributed by atoms with Gasteiger partial charge in [-0.15, -0.1) is 0 Å². The molecule has 0 saturated heterocycles. The van der Waals surface area contributed by atoms with Crippen LogP contribution in [-0.4, -0.2) is 12.1 Å². The first kappa shape index (κ1) is 15.9. The Kier molecular flexibility index (Phi) is 5.14. The molecule has 1 nitrogen and oxygen atoms in total. The number of nitrogens with one attached hydrogen (secondary N) is 1. The van der Waals surface area contributed by atoms with Crippen LogP contribution < -0.4 is 5.32 Å². The smallest absolute Gasteiger partial charge is 0.0440 e. The van der Waals surface area contributed by atoms with Crippen molar-refractivity contribution in [1.82, 2.24) is 5.32 Å². The first-order valence-electron chi connectivity index (χ1n) is 7.85. The topological polar surface area (TPSA) is 12.0 Å². The molecule has 0 amide bonds. The van der Waals surface area contributed by atoms with E-state index in [0.717, 1.165) is 29.8 Å². The van der Waals surface area contributed by atoms with Gasteiger partial charge < -0.3 is 5.32 Å². The van der Waals surface area contributed by atoms with Crippen LogP contribution in [0.25, 0.3) is 0 Å². The highest BCUT2D eigenvalue weighted by atomic mass is 35.5. The van der Waals surface area contributed by atoms with E-state index in [1.165, 1.54) is 30.4 Å². The summed E-state index contributed by atoms with van der Waals surface area (Å²) in [5.41, 5.74) is 2.79. The van der Waals surface area contributed by atoms with Gasteiger partial charge >= 0.3 is 0 Å². The van der Waals surface area contributed by atoms with Crippen LogP contribution in [0.5, 0.6) is 0 Å². The molecule has 2 unspecified atom stereocenters. The highest BCUT2D eigenvalue weighted by molar-refractivity contribution is 6.31. The van der Waals surface area contributed by atoms with Crippen LogP contribution in [0.15, 0.2) is 18.2 Å². The Morgan fingerprint density at radius 3 is 2.55 bits per heavy atom. The highest BCUT2D eigenvalue weighted by Gasteiger charge is 2.28. The maximum Gasteiger partial charge on any atom is 0.0440 e. The molecule has 1 aromatic carbocycles. The SMILES string of the molecule is Cc1ccc(CC2CCCC2CNC(C)(C)C)c(Cl)c1. The molecule has 20 heavy (non-hydrogen) atoms. The summed E-state index contributed by atoms with van der Waals surface area (Å²) >= 11 is 6.39. The summed E-state index contributed by atoms with van der Waals surface area (Å²) in [6.45, 7) is 9.97. The number of benzene rings is 1. The van der Waals surface area contributed by atoms with E-state index in [9.17, 15) is 0 Å². The van der Waals surface area contributed by atoms with E-state index in [0.29, 0.717) is 0 Å². The summed E-state index contributed by atoms with van der Waals surface area (Å²) in [4.78, 5) is 0. The van der Waals surface area contributed by atoms with E-state index in [4.69, 9.17) is 11.6 Å².